The number of hydrogen-bond acceptors (Lipinski definition) is 2. The maximum Gasteiger partial charge on any atom is 0.374 e. The Kier molecular flexibility index (Phi) is 2.43. The van der Waals surface area contributed by atoms with E-state index < -0.39 is 0 Å². The van der Waals surface area contributed by atoms with Gasteiger partial charge in [-0.2, -0.15) is 0 Å². The Hall–Kier alpha value is -1.38. The summed E-state index contributed by atoms with van der Waals surface area (Å²) in [4.78, 5) is 0. The van der Waals surface area contributed by atoms with Crippen molar-refractivity contribution in [3.8, 4) is 5.75 Å². The third kappa shape index (κ3) is 1.61. The van der Waals surface area contributed by atoms with Gasteiger partial charge in [0.15, 0.2) is 0 Å². The first kappa shape index (κ1) is 8.72. The first-order valence-corrected chi connectivity index (χ1v) is 3.57. The van der Waals surface area contributed by atoms with Gasteiger partial charge in [0, 0.05) is 0 Å². The lowest BCUT2D eigenvalue weighted by atomic mass is 10.1. The van der Waals surface area contributed by atoms with Crippen LogP contribution in [0.2, 0.25) is 0 Å². The molecule has 2 radical (unpaired) electrons. The second-order valence-corrected chi connectivity index (χ2v) is 2.65. The smallest absolute Gasteiger partial charge is 0.374 e. The standard InChI is InChI=1S/C9H10BNO/c1-6(2)7-3-4-9(12-10)8(11)5-7/h3-5H,1,11H2,2H3. The fourth-order valence-corrected chi connectivity index (χ4v) is 0.921. The number of nitrogens with two attached hydrogens (primary N) is 1. The van der Waals surface area contributed by atoms with E-state index in [-0.39, 0.29) is 0 Å². The molecule has 0 aliphatic carbocycles. The predicted molar refractivity (Wildman–Crippen MR) is 51.9 cm³/mol. The Labute approximate surface area is 73.5 Å². The van der Waals surface area contributed by atoms with Crippen LogP contribution < -0.4 is 10.4 Å². The summed E-state index contributed by atoms with van der Waals surface area (Å²) in [6.45, 7) is 5.71. The molecular weight excluding hydrogens is 149 g/mol. The van der Waals surface area contributed by atoms with Gasteiger partial charge >= 0.3 is 8.05 Å². The molecule has 0 fully saturated rings. The fourth-order valence-electron chi connectivity index (χ4n) is 0.921. The van der Waals surface area contributed by atoms with Crippen LogP contribution in [0.25, 0.3) is 5.57 Å². The Morgan fingerprint density at radius 1 is 1.58 bits per heavy atom. The van der Waals surface area contributed by atoms with Crippen molar-refractivity contribution in [2.75, 3.05) is 5.73 Å². The van der Waals surface area contributed by atoms with Gasteiger partial charge in [-0.25, -0.2) is 0 Å². The van der Waals surface area contributed by atoms with Crippen LogP contribution >= 0.6 is 0 Å². The molecule has 0 aromatic heterocycles. The fraction of sp³-hybridized carbons (Fsp3) is 0.111. The van der Waals surface area contributed by atoms with Crippen LogP contribution in [0.1, 0.15) is 12.5 Å². The Morgan fingerprint density at radius 3 is 2.67 bits per heavy atom. The van der Waals surface area contributed by atoms with Crippen molar-refractivity contribution < 1.29 is 4.65 Å². The number of nitrogen functional groups attached to an aromatic ring is 1. The molecule has 2 nitrogen and oxygen atoms in total. The minimum absolute atomic E-state index is 0.486. The molecule has 0 aliphatic heterocycles. The van der Waals surface area contributed by atoms with Crippen molar-refractivity contribution in [1.29, 1.82) is 0 Å². The lowest BCUT2D eigenvalue weighted by Gasteiger charge is -2.06. The largest absolute Gasteiger partial charge is 0.566 e. The molecule has 2 N–H and O–H groups in total. The molecule has 0 heterocycles. The zero-order valence-electron chi connectivity index (χ0n) is 7.00. The van der Waals surface area contributed by atoms with Crippen molar-refractivity contribution in [2.45, 2.75) is 6.92 Å². The summed E-state index contributed by atoms with van der Waals surface area (Å²) in [6.07, 6.45) is 0. The first-order valence-electron chi connectivity index (χ1n) is 3.57. The third-order valence-corrected chi connectivity index (χ3v) is 1.63. The highest BCUT2D eigenvalue weighted by atomic mass is 16.4. The average molecular weight is 159 g/mol. The second-order valence-electron chi connectivity index (χ2n) is 2.65. The Bertz CT molecular complexity index is 309. The summed E-state index contributed by atoms with van der Waals surface area (Å²) >= 11 is 0. The highest BCUT2D eigenvalue weighted by Gasteiger charge is 1.99. The van der Waals surface area contributed by atoms with E-state index in [1.165, 1.54) is 0 Å². The molecule has 0 atom stereocenters. The van der Waals surface area contributed by atoms with Crippen LogP contribution in [0.3, 0.4) is 0 Å². The minimum atomic E-state index is 0.486. The molecule has 0 amide bonds. The summed E-state index contributed by atoms with van der Waals surface area (Å²) < 4.78 is 4.53. The van der Waals surface area contributed by atoms with Crippen LogP contribution in [0.4, 0.5) is 5.69 Å². The number of anilines is 1. The van der Waals surface area contributed by atoms with Crippen LogP contribution in [-0.4, -0.2) is 8.05 Å². The summed E-state index contributed by atoms with van der Waals surface area (Å²) in [5.74, 6) is 0.486. The summed E-state index contributed by atoms with van der Waals surface area (Å²) in [7, 11) is 4.97. The van der Waals surface area contributed by atoms with E-state index in [4.69, 9.17) is 13.8 Å². The maximum atomic E-state index is 5.62. The zero-order chi connectivity index (χ0) is 9.14. The first-order chi connectivity index (χ1) is 5.65. The number of allylic oxidation sites excluding steroid dienone is 1. The number of benzene rings is 1. The van der Waals surface area contributed by atoms with Crippen molar-refractivity contribution in [3.05, 3.63) is 30.3 Å². The lowest BCUT2D eigenvalue weighted by molar-refractivity contribution is 0.619. The van der Waals surface area contributed by atoms with Gasteiger partial charge in [0.2, 0.25) is 0 Å². The highest BCUT2D eigenvalue weighted by Crippen LogP contribution is 2.24. The molecule has 0 saturated heterocycles. The predicted octanol–water partition coefficient (Wildman–Crippen LogP) is 1.76. The molecule has 12 heavy (non-hydrogen) atoms. The van der Waals surface area contributed by atoms with Crippen LogP contribution in [-0.2, 0) is 0 Å². The molecule has 0 saturated carbocycles. The van der Waals surface area contributed by atoms with E-state index >= 15 is 0 Å². The normalized spacial score (nSPS) is 9.42. The molecule has 0 bridgehead atoms. The van der Waals surface area contributed by atoms with E-state index in [1.807, 2.05) is 13.0 Å². The van der Waals surface area contributed by atoms with Gasteiger partial charge in [-0.15, -0.1) is 0 Å². The minimum Gasteiger partial charge on any atom is -0.566 e. The summed E-state index contributed by atoms with van der Waals surface area (Å²) in [5, 5.41) is 0. The monoisotopic (exact) mass is 159 g/mol. The van der Waals surface area contributed by atoms with Gasteiger partial charge in [-0.1, -0.05) is 18.2 Å². The van der Waals surface area contributed by atoms with E-state index in [1.54, 1.807) is 12.1 Å². The third-order valence-electron chi connectivity index (χ3n) is 1.63. The van der Waals surface area contributed by atoms with Gasteiger partial charge < -0.3 is 10.4 Å². The van der Waals surface area contributed by atoms with Gasteiger partial charge in [-0.05, 0) is 24.6 Å². The van der Waals surface area contributed by atoms with Gasteiger partial charge in [0.05, 0.1) is 5.69 Å². The van der Waals surface area contributed by atoms with Crippen LogP contribution in [0.5, 0.6) is 5.75 Å². The van der Waals surface area contributed by atoms with Crippen LogP contribution in [0.15, 0.2) is 24.8 Å². The van der Waals surface area contributed by atoms with Crippen molar-refractivity contribution in [1.82, 2.24) is 0 Å². The second kappa shape index (κ2) is 3.35. The number of hydrogen-bond donors (Lipinski definition) is 1. The zero-order valence-corrected chi connectivity index (χ0v) is 7.00. The maximum absolute atomic E-state index is 5.62. The summed E-state index contributed by atoms with van der Waals surface area (Å²) in [5.41, 5.74) is 8.11. The average Bonchev–Trinajstić information content (AvgIpc) is 2.04. The topological polar surface area (TPSA) is 35.2 Å². The van der Waals surface area contributed by atoms with E-state index in [0.717, 1.165) is 11.1 Å². The molecule has 0 unspecified atom stereocenters. The van der Waals surface area contributed by atoms with Crippen LogP contribution in [0, 0.1) is 0 Å². The van der Waals surface area contributed by atoms with E-state index in [2.05, 4.69) is 11.2 Å². The van der Waals surface area contributed by atoms with Gasteiger partial charge in [0.1, 0.15) is 5.75 Å². The van der Waals surface area contributed by atoms with Gasteiger partial charge in [-0.3, -0.25) is 0 Å². The molecule has 1 aromatic rings. The molecule has 0 aliphatic rings. The number of rotatable bonds is 2. The SMILES string of the molecule is [B]Oc1ccc(C(=C)C)cc1N. The molecule has 3 heteroatoms. The van der Waals surface area contributed by atoms with E-state index in [0.29, 0.717) is 11.4 Å². The van der Waals surface area contributed by atoms with Crippen molar-refractivity contribution >= 4 is 19.3 Å². The van der Waals surface area contributed by atoms with Crippen molar-refractivity contribution in [3.63, 3.8) is 0 Å². The molecule has 1 rings (SSSR count). The van der Waals surface area contributed by atoms with Crippen molar-refractivity contribution in [2.24, 2.45) is 0 Å². The highest BCUT2D eigenvalue weighted by molar-refractivity contribution is 6.00. The molecule has 1 aromatic carbocycles. The quantitative estimate of drug-likeness (QED) is 0.527. The van der Waals surface area contributed by atoms with Gasteiger partial charge in [0.25, 0.3) is 0 Å². The Morgan fingerprint density at radius 2 is 2.25 bits per heavy atom. The molecule has 0 spiro atoms. The molecule has 60 valence electrons. The van der Waals surface area contributed by atoms with E-state index in [9.17, 15) is 0 Å². The summed E-state index contributed by atoms with van der Waals surface area (Å²) in [6, 6.07) is 5.37. The molecular formula is C9H10BNO. The Balaban J connectivity index is 3.10. The lowest BCUT2D eigenvalue weighted by Crippen LogP contribution is -1.94.